The summed E-state index contributed by atoms with van der Waals surface area (Å²) < 4.78 is 10.7. The van der Waals surface area contributed by atoms with Gasteiger partial charge in [-0.1, -0.05) is 11.2 Å². The SMILES string of the molecule is COc1ccc(CCC(=O)N2CCC[C@H]2c2nc(C(=O)N3CCc4onc(-c5ccncc5)c4C3)cs2)cn1. The lowest BCUT2D eigenvalue weighted by molar-refractivity contribution is -0.132. The van der Waals surface area contributed by atoms with Crippen LogP contribution in [0.15, 0.2) is 52.8 Å². The Morgan fingerprint density at radius 1 is 1.18 bits per heavy atom. The number of thiazole rings is 1. The first kappa shape index (κ1) is 25.2. The van der Waals surface area contributed by atoms with Crippen molar-refractivity contribution in [2.24, 2.45) is 0 Å². The maximum atomic E-state index is 13.4. The van der Waals surface area contributed by atoms with Crippen LogP contribution in [0.3, 0.4) is 0 Å². The predicted octanol–water partition coefficient (Wildman–Crippen LogP) is 4.09. The standard InChI is InChI=1S/C28H28N6O4S/c1-37-24-6-4-18(15-30-24)5-7-25(35)34-13-2-3-22(34)27-31-21(17-39-27)28(36)33-14-10-23-20(16-33)26(32-38-23)19-8-11-29-12-9-19/h4,6,8-9,11-12,15,17,22H,2-3,5,7,10,13-14,16H2,1H3/t22-/m0/s1. The molecule has 1 fully saturated rings. The van der Waals surface area contributed by atoms with Crippen molar-refractivity contribution in [3.8, 4) is 17.1 Å². The fourth-order valence-electron chi connectivity index (χ4n) is 5.22. The van der Waals surface area contributed by atoms with Crippen molar-refractivity contribution in [1.29, 1.82) is 0 Å². The van der Waals surface area contributed by atoms with Crippen molar-refractivity contribution in [2.45, 2.75) is 44.7 Å². The number of hydrogen-bond donors (Lipinski definition) is 0. The summed E-state index contributed by atoms with van der Waals surface area (Å²) in [6.45, 7) is 1.65. The Bertz CT molecular complexity index is 1470. The molecular weight excluding hydrogens is 516 g/mol. The number of ether oxygens (including phenoxy) is 1. The molecule has 1 atom stereocenters. The summed E-state index contributed by atoms with van der Waals surface area (Å²) in [6.07, 6.45) is 8.56. The number of aryl methyl sites for hydroxylation is 1. The Morgan fingerprint density at radius 3 is 2.85 bits per heavy atom. The van der Waals surface area contributed by atoms with Crippen LogP contribution in [-0.4, -0.2) is 61.9 Å². The molecule has 1 saturated heterocycles. The van der Waals surface area contributed by atoms with Gasteiger partial charge in [0.2, 0.25) is 11.8 Å². The van der Waals surface area contributed by atoms with Crippen LogP contribution in [-0.2, 0) is 24.2 Å². The van der Waals surface area contributed by atoms with Crippen molar-refractivity contribution >= 4 is 23.2 Å². The highest BCUT2D eigenvalue weighted by atomic mass is 32.1. The second kappa shape index (κ2) is 10.9. The zero-order chi connectivity index (χ0) is 26.8. The summed E-state index contributed by atoms with van der Waals surface area (Å²) >= 11 is 1.45. The molecule has 0 saturated carbocycles. The average Bonchev–Trinajstić information content (AvgIpc) is 3.75. The van der Waals surface area contributed by atoms with Crippen LogP contribution in [0.25, 0.3) is 11.3 Å². The Kier molecular flexibility index (Phi) is 7.06. The Hall–Kier alpha value is -4.12. The van der Waals surface area contributed by atoms with E-state index in [2.05, 4.69) is 15.1 Å². The van der Waals surface area contributed by atoms with Crippen LogP contribution in [0.5, 0.6) is 5.88 Å². The first-order chi connectivity index (χ1) is 19.1. The highest BCUT2D eigenvalue weighted by molar-refractivity contribution is 7.09. The minimum Gasteiger partial charge on any atom is -0.481 e. The molecule has 0 bridgehead atoms. The molecule has 39 heavy (non-hydrogen) atoms. The summed E-state index contributed by atoms with van der Waals surface area (Å²) in [5.41, 5.74) is 4.00. The molecule has 0 radical (unpaired) electrons. The molecule has 6 rings (SSSR count). The van der Waals surface area contributed by atoms with Crippen molar-refractivity contribution in [3.05, 3.63) is 75.8 Å². The summed E-state index contributed by atoms with van der Waals surface area (Å²) in [5, 5.41) is 6.89. The fraction of sp³-hybridized carbons (Fsp3) is 0.357. The molecule has 200 valence electrons. The number of carbonyl (C=O) groups is 2. The first-order valence-electron chi connectivity index (χ1n) is 13.0. The number of nitrogens with zero attached hydrogens (tertiary/aromatic N) is 6. The summed E-state index contributed by atoms with van der Waals surface area (Å²) in [6, 6.07) is 7.41. The summed E-state index contributed by atoms with van der Waals surface area (Å²) in [4.78, 5) is 43.3. The fourth-order valence-corrected chi connectivity index (χ4v) is 6.16. The zero-order valence-electron chi connectivity index (χ0n) is 21.6. The zero-order valence-corrected chi connectivity index (χ0v) is 22.4. The van der Waals surface area contributed by atoms with Gasteiger partial charge in [-0.3, -0.25) is 14.6 Å². The second-order valence-electron chi connectivity index (χ2n) is 9.67. The van der Waals surface area contributed by atoms with Gasteiger partial charge in [0.15, 0.2) is 0 Å². The number of amides is 2. The van der Waals surface area contributed by atoms with Gasteiger partial charge in [-0.15, -0.1) is 11.3 Å². The molecule has 0 unspecified atom stereocenters. The van der Waals surface area contributed by atoms with Crippen LogP contribution >= 0.6 is 11.3 Å². The molecule has 4 aromatic heterocycles. The minimum atomic E-state index is -0.118. The highest BCUT2D eigenvalue weighted by Crippen LogP contribution is 2.35. The van der Waals surface area contributed by atoms with Gasteiger partial charge in [0.1, 0.15) is 22.2 Å². The lowest BCUT2D eigenvalue weighted by Crippen LogP contribution is -2.36. The van der Waals surface area contributed by atoms with E-state index < -0.39 is 0 Å². The monoisotopic (exact) mass is 544 g/mol. The third kappa shape index (κ3) is 5.14. The van der Waals surface area contributed by atoms with E-state index in [-0.39, 0.29) is 17.9 Å². The molecule has 11 heteroatoms. The molecule has 2 aliphatic rings. The number of rotatable bonds is 7. The molecule has 2 aliphatic heterocycles. The quantitative estimate of drug-likeness (QED) is 0.342. The van der Waals surface area contributed by atoms with Crippen LogP contribution < -0.4 is 4.74 Å². The minimum absolute atomic E-state index is 0.0936. The molecule has 0 N–H and O–H groups in total. The predicted molar refractivity (Wildman–Crippen MR) is 143 cm³/mol. The van der Waals surface area contributed by atoms with E-state index >= 15 is 0 Å². The second-order valence-corrected chi connectivity index (χ2v) is 10.6. The highest BCUT2D eigenvalue weighted by Gasteiger charge is 2.34. The summed E-state index contributed by atoms with van der Waals surface area (Å²) in [7, 11) is 1.58. The average molecular weight is 545 g/mol. The number of carbonyl (C=O) groups excluding carboxylic acids is 2. The van der Waals surface area contributed by atoms with Crippen molar-refractivity contribution in [1.82, 2.24) is 29.9 Å². The van der Waals surface area contributed by atoms with Gasteiger partial charge in [-0.25, -0.2) is 9.97 Å². The van der Waals surface area contributed by atoms with Gasteiger partial charge in [0.05, 0.1) is 19.7 Å². The number of fused-ring (bicyclic) bond motifs is 1. The van der Waals surface area contributed by atoms with Crippen LogP contribution in [0.1, 0.15) is 57.7 Å². The lowest BCUT2D eigenvalue weighted by Gasteiger charge is -2.25. The topological polar surface area (TPSA) is 115 Å². The number of likely N-dealkylation sites (tertiary alicyclic amines) is 1. The molecule has 0 aliphatic carbocycles. The van der Waals surface area contributed by atoms with Gasteiger partial charge in [-0.05, 0) is 37.0 Å². The number of pyridine rings is 2. The molecule has 2 amide bonds. The van der Waals surface area contributed by atoms with E-state index in [1.54, 1.807) is 36.7 Å². The third-order valence-electron chi connectivity index (χ3n) is 7.30. The normalized spacial score (nSPS) is 16.8. The molecule has 6 heterocycles. The van der Waals surface area contributed by atoms with Gasteiger partial charge in [-0.2, -0.15) is 0 Å². The van der Waals surface area contributed by atoms with E-state index in [1.165, 1.54) is 11.3 Å². The van der Waals surface area contributed by atoms with E-state index in [1.807, 2.05) is 28.5 Å². The van der Waals surface area contributed by atoms with E-state index in [4.69, 9.17) is 14.2 Å². The van der Waals surface area contributed by atoms with Gasteiger partial charge >= 0.3 is 0 Å². The maximum absolute atomic E-state index is 13.4. The Balaban J connectivity index is 1.11. The van der Waals surface area contributed by atoms with Crippen molar-refractivity contribution in [2.75, 3.05) is 20.2 Å². The number of aromatic nitrogens is 4. The van der Waals surface area contributed by atoms with Crippen LogP contribution in [0, 0.1) is 0 Å². The van der Waals surface area contributed by atoms with Crippen molar-refractivity contribution in [3.63, 3.8) is 0 Å². The molecule has 10 nitrogen and oxygen atoms in total. The largest absolute Gasteiger partial charge is 0.481 e. The van der Waals surface area contributed by atoms with E-state index in [0.717, 1.165) is 46.0 Å². The van der Waals surface area contributed by atoms with Gasteiger partial charge in [0.25, 0.3) is 5.91 Å². The molecule has 0 aromatic carbocycles. The Labute approximate surface area is 229 Å². The summed E-state index contributed by atoms with van der Waals surface area (Å²) in [5.74, 6) is 1.35. The molecule has 4 aromatic rings. The first-order valence-corrected chi connectivity index (χ1v) is 13.9. The maximum Gasteiger partial charge on any atom is 0.273 e. The molecule has 0 spiro atoms. The van der Waals surface area contributed by atoms with Crippen LogP contribution in [0.4, 0.5) is 0 Å². The third-order valence-corrected chi connectivity index (χ3v) is 8.25. The lowest BCUT2D eigenvalue weighted by atomic mass is 10.0. The van der Waals surface area contributed by atoms with Crippen molar-refractivity contribution < 1.29 is 18.8 Å². The van der Waals surface area contributed by atoms with Gasteiger partial charge < -0.3 is 19.1 Å². The van der Waals surface area contributed by atoms with Crippen LogP contribution in [0.2, 0.25) is 0 Å². The molecular formula is C28H28N6O4S. The van der Waals surface area contributed by atoms with E-state index in [9.17, 15) is 9.59 Å². The smallest absolute Gasteiger partial charge is 0.273 e. The van der Waals surface area contributed by atoms with E-state index in [0.29, 0.717) is 50.5 Å². The Morgan fingerprint density at radius 2 is 2.05 bits per heavy atom. The number of hydrogen-bond acceptors (Lipinski definition) is 9. The number of methoxy groups -OCH3 is 1. The van der Waals surface area contributed by atoms with Gasteiger partial charge in [0, 0.05) is 67.1 Å².